The van der Waals surface area contributed by atoms with E-state index in [2.05, 4.69) is 15.9 Å². The van der Waals surface area contributed by atoms with Crippen molar-refractivity contribution >= 4 is 15.9 Å². The lowest BCUT2D eigenvalue weighted by atomic mass is 9.76. The zero-order valence-electron chi connectivity index (χ0n) is 11.9. The highest BCUT2D eigenvalue weighted by Crippen LogP contribution is 2.31. The van der Waals surface area contributed by atoms with Crippen LogP contribution in [0.2, 0.25) is 0 Å². The quantitative estimate of drug-likeness (QED) is 0.867. The van der Waals surface area contributed by atoms with Crippen LogP contribution in [-0.4, -0.2) is 18.3 Å². The molecule has 2 nitrogen and oxygen atoms in total. The molecule has 0 saturated carbocycles. The largest absolute Gasteiger partial charge is 0.395 e. The minimum absolute atomic E-state index is 0.0878. The average molecular weight is 352 g/mol. The second-order valence-corrected chi connectivity index (χ2v) is 6.19. The summed E-state index contributed by atoms with van der Waals surface area (Å²) in [6.45, 7) is 2.21. The van der Waals surface area contributed by atoms with E-state index in [1.165, 1.54) is 6.07 Å². The maximum absolute atomic E-state index is 13.7. The number of halogens is 2. The summed E-state index contributed by atoms with van der Waals surface area (Å²) in [5.41, 5.74) is 8.26. The number of benzene rings is 2. The first kappa shape index (κ1) is 16.1. The zero-order valence-corrected chi connectivity index (χ0v) is 13.5. The third-order valence-electron chi connectivity index (χ3n) is 3.92. The lowest BCUT2D eigenvalue weighted by Crippen LogP contribution is -2.41. The standard InChI is InChI=1S/C17H19BrFNO/c1-12-5-7-14(8-6-12)17(10-20,11-21)9-13-3-2-4-15(19)16(13)18/h2-8,21H,9-11,20H2,1H3. The summed E-state index contributed by atoms with van der Waals surface area (Å²) in [5, 5.41) is 9.93. The van der Waals surface area contributed by atoms with E-state index in [0.717, 1.165) is 16.7 Å². The van der Waals surface area contributed by atoms with Gasteiger partial charge in [-0.25, -0.2) is 4.39 Å². The van der Waals surface area contributed by atoms with Crippen molar-refractivity contribution in [2.45, 2.75) is 18.8 Å². The van der Waals surface area contributed by atoms with Crippen LogP contribution >= 0.6 is 15.9 Å². The van der Waals surface area contributed by atoms with E-state index < -0.39 is 5.41 Å². The van der Waals surface area contributed by atoms with E-state index in [1.807, 2.05) is 37.3 Å². The Labute approximate surface area is 132 Å². The summed E-state index contributed by atoms with van der Waals surface area (Å²) in [4.78, 5) is 0. The Balaban J connectivity index is 2.43. The fraction of sp³-hybridized carbons (Fsp3) is 0.294. The molecule has 0 spiro atoms. The number of hydrogen-bond acceptors (Lipinski definition) is 2. The van der Waals surface area contributed by atoms with Crippen molar-refractivity contribution in [3.63, 3.8) is 0 Å². The molecule has 21 heavy (non-hydrogen) atoms. The predicted molar refractivity (Wildman–Crippen MR) is 86.8 cm³/mol. The number of nitrogens with two attached hydrogens (primary N) is 1. The highest BCUT2D eigenvalue weighted by molar-refractivity contribution is 9.10. The van der Waals surface area contributed by atoms with Crippen LogP contribution in [0.1, 0.15) is 16.7 Å². The summed E-state index contributed by atoms with van der Waals surface area (Å²) in [5.74, 6) is -0.305. The van der Waals surface area contributed by atoms with Gasteiger partial charge in [0.2, 0.25) is 0 Å². The van der Waals surface area contributed by atoms with Gasteiger partial charge in [0.25, 0.3) is 0 Å². The Morgan fingerprint density at radius 2 is 1.86 bits per heavy atom. The van der Waals surface area contributed by atoms with Crippen LogP contribution in [0.4, 0.5) is 4.39 Å². The zero-order chi connectivity index (χ0) is 15.5. The highest BCUT2D eigenvalue weighted by atomic mass is 79.9. The van der Waals surface area contributed by atoms with Gasteiger partial charge in [-0.1, -0.05) is 42.0 Å². The molecule has 0 aliphatic carbocycles. The third kappa shape index (κ3) is 3.34. The van der Waals surface area contributed by atoms with Crippen molar-refractivity contribution in [1.82, 2.24) is 0 Å². The molecule has 0 aliphatic rings. The first-order valence-corrected chi connectivity index (χ1v) is 7.63. The second kappa shape index (κ2) is 6.69. The molecule has 1 unspecified atom stereocenters. The van der Waals surface area contributed by atoms with E-state index in [0.29, 0.717) is 10.9 Å². The normalized spacial score (nSPS) is 14.0. The SMILES string of the molecule is Cc1ccc(C(CN)(CO)Cc2cccc(F)c2Br)cc1. The summed E-state index contributed by atoms with van der Waals surface area (Å²) < 4.78 is 14.1. The molecule has 0 aromatic heterocycles. The molecular formula is C17H19BrFNO. The maximum atomic E-state index is 13.7. The van der Waals surface area contributed by atoms with Crippen molar-refractivity contribution in [2.75, 3.05) is 13.2 Å². The minimum Gasteiger partial charge on any atom is -0.395 e. The van der Waals surface area contributed by atoms with Gasteiger partial charge in [-0.15, -0.1) is 0 Å². The van der Waals surface area contributed by atoms with E-state index in [1.54, 1.807) is 6.07 Å². The van der Waals surface area contributed by atoms with Gasteiger partial charge in [-0.2, -0.15) is 0 Å². The first-order valence-electron chi connectivity index (χ1n) is 6.83. The lowest BCUT2D eigenvalue weighted by Gasteiger charge is -2.32. The molecule has 4 heteroatoms. The van der Waals surface area contributed by atoms with Gasteiger partial charge >= 0.3 is 0 Å². The molecule has 1 atom stereocenters. The summed E-state index contributed by atoms with van der Waals surface area (Å²) in [7, 11) is 0. The molecule has 0 amide bonds. The van der Waals surface area contributed by atoms with E-state index in [-0.39, 0.29) is 19.0 Å². The van der Waals surface area contributed by atoms with Crippen molar-refractivity contribution in [2.24, 2.45) is 5.73 Å². The average Bonchev–Trinajstić information content (AvgIpc) is 2.50. The van der Waals surface area contributed by atoms with Gasteiger partial charge in [0, 0.05) is 12.0 Å². The maximum Gasteiger partial charge on any atom is 0.137 e. The monoisotopic (exact) mass is 351 g/mol. The number of hydrogen-bond donors (Lipinski definition) is 2. The predicted octanol–water partition coefficient (Wildman–Crippen LogP) is 3.33. The smallest absolute Gasteiger partial charge is 0.137 e. The summed E-state index contributed by atoms with van der Waals surface area (Å²) in [6, 6.07) is 12.9. The first-order chi connectivity index (χ1) is 10.0. The van der Waals surface area contributed by atoms with Crippen molar-refractivity contribution in [3.8, 4) is 0 Å². The summed E-state index contributed by atoms with van der Waals surface area (Å²) in [6.07, 6.45) is 0.474. The summed E-state index contributed by atoms with van der Waals surface area (Å²) >= 11 is 3.28. The molecule has 2 aromatic rings. The second-order valence-electron chi connectivity index (χ2n) is 5.40. The Hall–Kier alpha value is -1.23. The molecule has 2 aromatic carbocycles. The topological polar surface area (TPSA) is 46.2 Å². The van der Waals surface area contributed by atoms with Gasteiger partial charge in [0.15, 0.2) is 0 Å². The van der Waals surface area contributed by atoms with Crippen LogP contribution in [0.15, 0.2) is 46.9 Å². The van der Waals surface area contributed by atoms with Crippen molar-refractivity contribution < 1.29 is 9.50 Å². The van der Waals surface area contributed by atoms with Gasteiger partial charge in [-0.3, -0.25) is 0 Å². The molecule has 2 rings (SSSR count). The van der Waals surface area contributed by atoms with Crippen LogP contribution in [0, 0.1) is 12.7 Å². The number of aryl methyl sites for hydroxylation is 1. The molecule has 0 bridgehead atoms. The van der Waals surface area contributed by atoms with E-state index >= 15 is 0 Å². The van der Waals surface area contributed by atoms with E-state index in [4.69, 9.17) is 5.73 Å². The van der Waals surface area contributed by atoms with Crippen LogP contribution < -0.4 is 5.73 Å². The van der Waals surface area contributed by atoms with Crippen molar-refractivity contribution in [1.29, 1.82) is 0 Å². The van der Waals surface area contributed by atoms with Gasteiger partial charge < -0.3 is 10.8 Å². The Bertz CT molecular complexity index is 609. The van der Waals surface area contributed by atoms with Crippen LogP contribution in [0.5, 0.6) is 0 Å². The third-order valence-corrected chi connectivity index (χ3v) is 4.81. The van der Waals surface area contributed by atoms with Gasteiger partial charge in [-0.05, 0) is 46.5 Å². The number of aliphatic hydroxyl groups is 1. The molecule has 0 radical (unpaired) electrons. The van der Waals surface area contributed by atoms with Crippen LogP contribution in [-0.2, 0) is 11.8 Å². The van der Waals surface area contributed by atoms with Gasteiger partial charge in [0.05, 0.1) is 11.1 Å². The Morgan fingerprint density at radius 3 is 2.43 bits per heavy atom. The molecule has 0 aliphatic heterocycles. The lowest BCUT2D eigenvalue weighted by molar-refractivity contribution is 0.196. The minimum atomic E-state index is -0.607. The molecular weight excluding hydrogens is 333 g/mol. The number of rotatable bonds is 5. The van der Waals surface area contributed by atoms with Crippen molar-refractivity contribution in [3.05, 3.63) is 69.4 Å². The molecule has 0 fully saturated rings. The molecule has 3 N–H and O–H groups in total. The van der Waals surface area contributed by atoms with E-state index in [9.17, 15) is 9.50 Å². The molecule has 0 saturated heterocycles. The van der Waals surface area contributed by atoms with Crippen LogP contribution in [0.3, 0.4) is 0 Å². The Morgan fingerprint density at radius 1 is 1.19 bits per heavy atom. The van der Waals surface area contributed by atoms with Crippen LogP contribution in [0.25, 0.3) is 0 Å². The molecule has 112 valence electrons. The fourth-order valence-corrected chi connectivity index (χ4v) is 2.87. The fourth-order valence-electron chi connectivity index (χ4n) is 2.46. The Kier molecular flexibility index (Phi) is 5.14. The molecule has 0 heterocycles. The highest BCUT2D eigenvalue weighted by Gasteiger charge is 2.31. The number of aliphatic hydroxyl groups excluding tert-OH is 1. The van der Waals surface area contributed by atoms with Gasteiger partial charge in [0.1, 0.15) is 5.82 Å².